The fourth-order valence-electron chi connectivity index (χ4n) is 8.05. The van der Waals surface area contributed by atoms with Gasteiger partial charge in [0.2, 0.25) is 0 Å². The molecule has 0 spiro atoms. The van der Waals surface area contributed by atoms with E-state index in [1.165, 1.54) is 6.08 Å². The molecule has 0 aromatic rings. The number of fused-ring (bicyclic) bond motifs is 5. The van der Waals surface area contributed by atoms with Gasteiger partial charge in [-0.1, -0.05) is 19.4 Å². The lowest BCUT2D eigenvalue weighted by Crippen LogP contribution is -2.52. The molecule has 1 unspecified atom stereocenters. The fraction of sp³-hybridized carbons (Fsp3) is 0.680. The van der Waals surface area contributed by atoms with Crippen molar-refractivity contribution in [2.24, 2.45) is 34.5 Å². The van der Waals surface area contributed by atoms with E-state index in [1.807, 2.05) is 6.92 Å². The number of ketones is 2. The van der Waals surface area contributed by atoms with Crippen LogP contribution in [0.25, 0.3) is 0 Å². The van der Waals surface area contributed by atoms with Crippen LogP contribution in [0.3, 0.4) is 0 Å². The molecular weight excluding hydrogens is 412 g/mol. The van der Waals surface area contributed by atoms with E-state index in [4.69, 9.17) is 0 Å². The summed E-state index contributed by atoms with van der Waals surface area (Å²) in [5.41, 5.74) is -0.0350. The van der Waals surface area contributed by atoms with Crippen LogP contribution in [-0.4, -0.2) is 44.9 Å². The van der Waals surface area contributed by atoms with Crippen LogP contribution in [0.15, 0.2) is 22.8 Å². The molecule has 3 saturated carbocycles. The summed E-state index contributed by atoms with van der Waals surface area (Å²) >= 11 is 0. The predicted octanol–water partition coefficient (Wildman–Crippen LogP) is 3.16. The summed E-state index contributed by atoms with van der Waals surface area (Å²) in [6, 6.07) is 0. The van der Waals surface area contributed by atoms with Gasteiger partial charge in [-0.2, -0.15) is 0 Å². The summed E-state index contributed by atoms with van der Waals surface area (Å²) < 4.78 is 0. The van der Waals surface area contributed by atoms with Crippen molar-refractivity contribution in [3.05, 3.63) is 22.8 Å². The average molecular weight is 445 g/mol. The number of carbonyl (C=O) groups excluding carboxylic acids is 2. The normalized spacial score (nSPS) is 39.5. The first-order chi connectivity index (χ1) is 14.9. The fourth-order valence-corrected chi connectivity index (χ4v) is 8.05. The van der Waals surface area contributed by atoms with E-state index < -0.39 is 35.7 Å². The number of hydrogen-bond acceptors (Lipinski definition) is 5. The first-order valence-corrected chi connectivity index (χ1v) is 11.5. The maximum atomic E-state index is 12.9. The van der Waals surface area contributed by atoms with E-state index in [0.717, 1.165) is 37.7 Å². The predicted molar refractivity (Wildman–Crippen MR) is 115 cm³/mol. The molecule has 0 saturated heterocycles. The summed E-state index contributed by atoms with van der Waals surface area (Å²) in [4.78, 5) is 48.6. The molecule has 0 aromatic heterocycles. The number of aliphatic hydroxyl groups is 1. The average Bonchev–Trinajstić information content (AvgIpc) is 3.06. The molecule has 4 rings (SSSR count). The SMILES string of the molecule is CC(=O)[C@H]1CC[C@H]2[C@@H]3CCC4=CC(=O)C(C(O)C(=O)O)=C(CC(=O)O)[C@]4(C)[C@H]3CC[C@]12C. The van der Waals surface area contributed by atoms with E-state index in [2.05, 4.69) is 6.92 Å². The molecule has 7 atom stereocenters. The topological polar surface area (TPSA) is 129 Å². The van der Waals surface area contributed by atoms with Crippen molar-refractivity contribution in [2.75, 3.05) is 0 Å². The third kappa shape index (κ3) is 3.11. The van der Waals surface area contributed by atoms with Gasteiger partial charge in [0, 0.05) is 16.9 Å². The van der Waals surface area contributed by atoms with Crippen LogP contribution in [0.2, 0.25) is 0 Å². The van der Waals surface area contributed by atoms with Crippen molar-refractivity contribution in [3.63, 3.8) is 0 Å². The Balaban J connectivity index is 1.82. The number of Topliss-reactive ketones (excluding diaryl/α,β-unsaturated/α-hetero) is 1. The smallest absolute Gasteiger partial charge is 0.337 e. The highest BCUT2D eigenvalue weighted by Gasteiger charge is 2.61. The molecule has 3 fully saturated rings. The maximum Gasteiger partial charge on any atom is 0.337 e. The highest BCUT2D eigenvalue weighted by atomic mass is 16.4. The standard InChI is InChI=1S/C25H32O7/c1-12(26)15-6-7-16-14-5-4-13-10-19(27)21(22(30)23(31)32)18(11-20(28)29)25(13,3)17(14)8-9-24(15,16)2/h10,14-17,22,30H,4-9,11H2,1-3H3,(H,28,29)(H,31,32)/t14-,15+,16-,17-,22?,24+,25-/m0/s1. The van der Waals surface area contributed by atoms with E-state index in [1.54, 1.807) is 6.92 Å². The van der Waals surface area contributed by atoms with Crippen LogP contribution in [0.1, 0.15) is 65.7 Å². The van der Waals surface area contributed by atoms with E-state index in [9.17, 15) is 34.5 Å². The molecule has 3 N–H and O–H groups in total. The second-order valence-electron chi connectivity index (χ2n) is 10.6. The van der Waals surface area contributed by atoms with E-state index >= 15 is 0 Å². The van der Waals surface area contributed by atoms with Gasteiger partial charge in [-0.25, -0.2) is 4.79 Å². The van der Waals surface area contributed by atoms with Gasteiger partial charge >= 0.3 is 11.9 Å². The number of allylic oxidation sites excluding steroid dienone is 2. The summed E-state index contributed by atoms with van der Waals surface area (Å²) in [6.07, 6.45) is 3.90. The van der Waals surface area contributed by atoms with Gasteiger partial charge in [0.15, 0.2) is 11.9 Å². The molecule has 7 nitrogen and oxygen atoms in total. The number of aliphatic carboxylic acids is 2. The number of carboxylic acids is 2. The zero-order valence-electron chi connectivity index (χ0n) is 18.9. The first-order valence-electron chi connectivity index (χ1n) is 11.5. The molecule has 4 aliphatic carbocycles. The molecule has 0 amide bonds. The number of carbonyl (C=O) groups is 4. The Hall–Kier alpha value is -2.28. The largest absolute Gasteiger partial charge is 0.481 e. The van der Waals surface area contributed by atoms with Gasteiger partial charge in [-0.15, -0.1) is 0 Å². The molecular formula is C25H32O7. The molecule has 0 heterocycles. The summed E-state index contributed by atoms with van der Waals surface area (Å²) in [6.45, 7) is 5.83. The van der Waals surface area contributed by atoms with Crippen molar-refractivity contribution in [2.45, 2.75) is 71.8 Å². The highest BCUT2D eigenvalue weighted by Crippen LogP contribution is 2.67. The van der Waals surface area contributed by atoms with Crippen LogP contribution >= 0.6 is 0 Å². The van der Waals surface area contributed by atoms with Crippen LogP contribution in [0, 0.1) is 34.5 Å². The second kappa shape index (κ2) is 7.65. The Bertz CT molecular complexity index is 959. The number of hydrogen-bond donors (Lipinski definition) is 3. The van der Waals surface area contributed by atoms with E-state index in [0.29, 0.717) is 12.3 Å². The molecule has 0 aromatic carbocycles. The van der Waals surface area contributed by atoms with Gasteiger partial charge in [0.05, 0.1) is 6.42 Å². The van der Waals surface area contributed by atoms with Crippen molar-refractivity contribution in [1.82, 2.24) is 0 Å². The lowest BCUT2D eigenvalue weighted by molar-refractivity contribution is -0.146. The molecule has 174 valence electrons. The summed E-state index contributed by atoms with van der Waals surface area (Å²) in [7, 11) is 0. The summed E-state index contributed by atoms with van der Waals surface area (Å²) in [5, 5.41) is 29.4. The lowest BCUT2D eigenvalue weighted by Gasteiger charge is -2.58. The minimum atomic E-state index is -2.05. The van der Waals surface area contributed by atoms with Crippen molar-refractivity contribution < 1.29 is 34.5 Å². The molecule has 0 aliphatic heterocycles. The Morgan fingerprint density at radius 3 is 2.38 bits per heavy atom. The van der Waals surface area contributed by atoms with Crippen LogP contribution in [0.5, 0.6) is 0 Å². The minimum absolute atomic E-state index is 0.0459. The van der Waals surface area contributed by atoms with Crippen LogP contribution in [0.4, 0.5) is 0 Å². The Labute approximate surface area is 187 Å². The summed E-state index contributed by atoms with van der Waals surface area (Å²) in [5.74, 6) is -2.37. The van der Waals surface area contributed by atoms with Crippen molar-refractivity contribution >= 4 is 23.5 Å². The van der Waals surface area contributed by atoms with Crippen molar-refractivity contribution in [3.8, 4) is 0 Å². The third-order valence-electron chi connectivity index (χ3n) is 9.44. The van der Waals surface area contributed by atoms with Crippen molar-refractivity contribution in [1.29, 1.82) is 0 Å². The Morgan fingerprint density at radius 2 is 1.78 bits per heavy atom. The van der Waals surface area contributed by atoms with Gasteiger partial charge in [0.1, 0.15) is 5.78 Å². The zero-order valence-corrected chi connectivity index (χ0v) is 18.9. The van der Waals surface area contributed by atoms with Gasteiger partial charge < -0.3 is 15.3 Å². The van der Waals surface area contributed by atoms with Gasteiger partial charge in [0.25, 0.3) is 0 Å². The monoisotopic (exact) mass is 444 g/mol. The van der Waals surface area contributed by atoms with Crippen LogP contribution in [-0.2, 0) is 19.2 Å². The van der Waals surface area contributed by atoms with Gasteiger partial charge in [-0.3, -0.25) is 14.4 Å². The molecule has 0 radical (unpaired) electrons. The number of rotatable bonds is 5. The van der Waals surface area contributed by atoms with Gasteiger partial charge in [-0.05, 0) is 80.3 Å². The second-order valence-corrected chi connectivity index (χ2v) is 10.6. The van der Waals surface area contributed by atoms with Crippen LogP contribution < -0.4 is 0 Å². The zero-order chi connectivity index (χ0) is 23.6. The highest BCUT2D eigenvalue weighted by molar-refractivity contribution is 6.11. The lowest BCUT2D eigenvalue weighted by atomic mass is 9.45. The minimum Gasteiger partial charge on any atom is -0.481 e. The van der Waals surface area contributed by atoms with E-state index in [-0.39, 0.29) is 40.1 Å². The number of carboxylic acid groups (broad SMARTS) is 2. The Morgan fingerprint density at radius 1 is 1.09 bits per heavy atom. The number of aliphatic hydroxyl groups excluding tert-OH is 1. The first kappa shape index (κ1) is 22.9. The Kier molecular flexibility index (Phi) is 5.47. The molecule has 7 heteroatoms. The molecule has 32 heavy (non-hydrogen) atoms. The molecule has 4 aliphatic rings. The quantitative estimate of drug-likeness (QED) is 0.594. The maximum absolute atomic E-state index is 12.9. The third-order valence-corrected chi connectivity index (χ3v) is 9.44. The molecule has 0 bridgehead atoms.